The summed E-state index contributed by atoms with van der Waals surface area (Å²) in [4.78, 5) is 2.67. The molecule has 1 saturated heterocycles. The molecule has 1 fully saturated rings. The van der Waals surface area contributed by atoms with Gasteiger partial charge in [0.2, 0.25) is 0 Å². The third-order valence-electron chi connectivity index (χ3n) is 4.75. The second-order valence-electron chi connectivity index (χ2n) is 8.42. The van der Waals surface area contributed by atoms with Crippen molar-refractivity contribution in [3.05, 3.63) is 0 Å². The highest BCUT2D eigenvalue weighted by molar-refractivity contribution is 4.86. The van der Waals surface area contributed by atoms with Crippen molar-refractivity contribution in [2.75, 3.05) is 26.2 Å². The van der Waals surface area contributed by atoms with Crippen LogP contribution in [0.25, 0.3) is 0 Å². The first kappa shape index (κ1) is 17.0. The summed E-state index contributed by atoms with van der Waals surface area (Å²) < 4.78 is 0. The number of likely N-dealkylation sites (N-methyl/N-ethyl adjacent to an activating group) is 1. The first-order valence-corrected chi connectivity index (χ1v) is 8.10. The summed E-state index contributed by atoms with van der Waals surface area (Å²) in [5.41, 5.74) is 0.827. The molecule has 0 aromatic heterocycles. The van der Waals surface area contributed by atoms with Gasteiger partial charge in [-0.2, -0.15) is 0 Å². The third-order valence-corrected chi connectivity index (χ3v) is 4.75. The summed E-state index contributed by atoms with van der Waals surface area (Å²) in [5.74, 6) is 0.899. The molecule has 1 aliphatic heterocycles. The zero-order valence-electron chi connectivity index (χ0n) is 14.3. The topological polar surface area (TPSA) is 15.3 Å². The molecule has 114 valence electrons. The molecule has 1 aliphatic rings. The fourth-order valence-electron chi connectivity index (χ4n) is 3.13. The van der Waals surface area contributed by atoms with E-state index in [1.54, 1.807) is 0 Å². The van der Waals surface area contributed by atoms with E-state index in [0.29, 0.717) is 16.9 Å². The molecule has 2 heteroatoms. The van der Waals surface area contributed by atoms with Crippen LogP contribution in [0.5, 0.6) is 0 Å². The van der Waals surface area contributed by atoms with Gasteiger partial charge in [-0.3, -0.25) is 0 Å². The Hall–Kier alpha value is -0.0800. The highest BCUT2D eigenvalue weighted by Gasteiger charge is 2.31. The van der Waals surface area contributed by atoms with Gasteiger partial charge in [-0.05, 0) is 49.2 Å². The summed E-state index contributed by atoms with van der Waals surface area (Å²) in [5, 5.41) is 3.67. The van der Waals surface area contributed by atoms with Crippen molar-refractivity contribution in [2.45, 2.75) is 67.3 Å². The van der Waals surface area contributed by atoms with Crippen LogP contribution in [-0.2, 0) is 0 Å². The minimum Gasteiger partial charge on any atom is -0.312 e. The van der Waals surface area contributed by atoms with Crippen molar-refractivity contribution >= 4 is 0 Å². The van der Waals surface area contributed by atoms with Crippen LogP contribution in [0.15, 0.2) is 0 Å². The van der Waals surface area contributed by atoms with Gasteiger partial charge in [0.1, 0.15) is 0 Å². The normalized spacial score (nSPS) is 21.6. The molecule has 0 saturated carbocycles. The zero-order valence-corrected chi connectivity index (χ0v) is 14.3. The molecular weight excluding hydrogens is 232 g/mol. The number of likely N-dealkylation sites (tertiary alicyclic amines) is 1. The SMILES string of the molecule is CCNC(CN1CCC(C(C)(C)C)CC1)C(C)(C)C. The Labute approximate surface area is 121 Å². The molecular formula is C17H36N2. The van der Waals surface area contributed by atoms with E-state index in [4.69, 9.17) is 0 Å². The third kappa shape index (κ3) is 5.43. The lowest BCUT2D eigenvalue weighted by atomic mass is 9.75. The maximum Gasteiger partial charge on any atom is 0.0243 e. The van der Waals surface area contributed by atoms with Gasteiger partial charge in [-0.25, -0.2) is 0 Å². The first-order valence-electron chi connectivity index (χ1n) is 8.10. The first-order chi connectivity index (χ1) is 8.64. The smallest absolute Gasteiger partial charge is 0.0243 e. The summed E-state index contributed by atoms with van der Waals surface area (Å²) in [6.07, 6.45) is 2.74. The van der Waals surface area contributed by atoms with E-state index in [-0.39, 0.29) is 0 Å². The lowest BCUT2D eigenvalue weighted by Gasteiger charge is -2.42. The van der Waals surface area contributed by atoms with E-state index in [0.717, 1.165) is 12.5 Å². The van der Waals surface area contributed by atoms with E-state index < -0.39 is 0 Å². The summed E-state index contributed by atoms with van der Waals surface area (Å²) in [6.45, 7) is 21.3. The predicted molar refractivity (Wildman–Crippen MR) is 85.5 cm³/mol. The Morgan fingerprint density at radius 1 is 1.05 bits per heavy atom. The molecule has 19 heavy (non-hydrogen) atoms. The van der Waals surface area contributed by atoms with Gasteiger partial charge in [0.05, 0.1) is 0 Å². The van der Waals surface area contributed by atoms with Gasteiger partial charge < -0.3 is 10.2 Å². The fourth-order valence-corrected chi connectivity index (χ4v) is 3.13. The monoisotopic (exact) mass is 268 g/mol. The lowest BCUT2D eigenvalue weighted by Crippen LogP contribution is -2.50. The second kappa shape index (κ2) is 6.58. The van der Waals surface area contributed by atoms with Crippen LogP contribution in [0.2, 0.25) is 0 Å². The van der Waals surface area contributed by atoms with Crippen LogP contribution in [0.4, 0.5) is 0 Å². The van der Waals surface area contributed by atoms with E-state index in [9.17, 15) is 0 Å². The van der Waals surface area contributed by atoms with E-state index >= 15 is 0 Å². The Morgan fingerprint density at radius 3 is 1.95 bits per heavy atom. The summed E-state index contributed by atoms with van der Waals surface area (Å²) in [6, 6.07) is 0.601. The second-order valence-corrected chi connectivity index (χ2v) is 8.42. The number of hydrogen-bond acceptors (Lipinski definition) is 2. The molecule has 2 nitrogen and oxygen atoms in total. The molecule has 0 bridgehead atoms. The highest BCUT2D eigenvalue weighted by atomic mass is 15.2. The quantitative estimate of drug-likeness (QED) is 0.835. The summed E-state index contributed by atoms with van der Waals surface area (Å²) >= 11 is 0. The molecule has 0 aliphatic carbocycles. The molecule has 0 aromatic carbocycles. The van der Waals surface area contributed by atoms with Crippen molar-refractivity contribution in [1.29, 1.82) is 0 Å². The lowest BCUT2D eigenvalue weighted by molar-refractivity contribution is 0.0902. The molecule has 0 aromatic rings. The van der Waals surface area contributed by atoms with Gasteiger partial charge in [0.25, 0.3) is 0 Å². The molecule has 1 heterocycles. The van der Waals surface area contributed by atoms with Crippen LogP contribution >= 0.6 is 0 Å². The van der Waals surface area contributed by atoms with Crippen LogP contribution < -0.4 is 5.32 Å². The van der Waals surface area contributed by atoms with Crippen molar-refractivity contribution in [3.8, 4) is 0 Å². The molecule has 0 spiro atoms. The Balaban J connectivity index is 2.47. The van der Waals surface area contributed by atoms with Crippen molar-refractivity contribution in [2.24, 2.45) is 16.7 Å². The van der Waals surface area contributed by atoms with Gasteiger partial charge >= 0.3 is 0 Å². The van der Waals surface area contributed by atoms with Crippen LogP contribution in [-0.4, -0.2) is 37.1 Å². The van der Waals surface area contributed by atoms with Crippen LogP contribution in [0.3, 0.4) is 0 Å². The number of rotatable bonds is 4. The Morgan fingerprint density at radius 2 is 1.58 bits per heavy atom. The maximum atomic E-state index is 3.67. The Kier molecular flexibility index (Phi) is 5.88. The van der Waals surface area contributed by atoms with Gasteiger partial charge in [0.15, 0.2) is 0 Å². The number of nitrogens with one attached hydrogen (secondary N) is 1. The largest absolute Gasteiger partial charge is 0.312 e. The van der Waals surface area contributed by atoms with E-state index in [1.165, 1.54) is 32.5 Å². The van der Waals surface area contributed by atoms with Gasteiger partial charge in [-0.1, -0.05) is 48.5 Å². The average Bonchev–Trinajstić information content (AvgIpc) is 2.26. The molecule has 0 amide bonds. The van der Waals surface area contributed by atoms with Crippen LogP contribution in [0, 0.1) is 16.7 Å². The number of piperidine rings is 1. The maximum absolute atomic E-state index is 3.67. The van der Waals surface area contributed by atoms with E-state index in [1.807, 2.05) is 0 Å². The summed E-state index contributed by atoms with van der Waals surface area (Å²) in [7, 11) is 0. The van der Waals surface area contributed by atoms with Gasteiger partial charge in [-0.15, -0.1) is 0 Å². The fraction of sp³-hybridized carbons (Fsp3) is 1.00. The number of nitrogens with zero attached hydrogens (tertiary/aromatic N) is 1. The zero-order chi connectivity index (χ0) is 14.7. The average molecular weight is 268 g/mol. The molecule has 1 atom stereocenters. The number of hydrogen-bond donors (Lipinski definition) is 1. The van der Waals surface area contributed by atoms with Crippen molar-refractivity contribution in [1.82, 2.24) is 10.2 Å². The molecule has 1 N–H and O–H groups in total. The van der Waals surface area contributed by atoms with E-state index in [2.05, 4.69) is 58.7 Å². The standard InChI is InChI=1S/C17H36N2/c1-8-18-15(17(5,6)7)13-19-11-9-14(10-12-19)16(2,3)4/h14-15,18H,8-13H2,1-7H3. The van der Waals surface area contributed by atoms with Crippen LogP contribution in [0.1, 0.15) is 61.3 Å². The Bertz CT molecular complexity index is 251. The minimum atomic E-state index is 0.344. The minimum absolute atomic E-state index is 0.344. The predicted octanol–water partition coefficient (Wildman–Crippen LogP) is 3.77. The van der Waals surface area contributed by atoms with Crippen molar-refractivity contribution < 1.29 is 0 Å². The molecule has 1 rings (SSSR count). The molecule has 1 unspecified atom stereocenters. The molecule has 0 radical (unpaired) electrons. The highest BCUT2D eigenvalue weighted by Crippen LogP contribution is 2.34. The van der Waals surface area contributed by atoms with Crippen molar-refractivity contribution in [3.63, 3.8) is 0 Å². The van der Waals surface area contributed by atoms with Gasteiger partial charge in [0, 0.05) is 12.6 Å².